The number of anilines is 4. The topological polar surface area (TPSA) is 89.0 Å². The van der Waals surface area contributed by atoms with E-state index >= 15 is 0 Å². The maximum absolute atomic E-state index is 11.8. The minimum Gasteiger partial charge on any atom is -0.465 e. The summed E-state index contributed by atoms with van der Waals surface area (Å²) in [6, 6.07) is 14.8. The zero-order chi connectivity index (χ0) is 17.6. The Morgan fingerprint density at radius 2 is 1.72 bits per heavy atom. The highest BCUT2D eigenvalue weighted by molar-refractivity contribution is 5.96. The van der Waals surface area contributed by atoms with Crippen molar-refractivity contribution in [1.29, 1.82) is 0 Å². The molecule has 0 bridgehead atoms. The highest BCUT2D eigenvalue weighted by Crippen LogP contribution is 2.21. The highest BCUT2D eigenvalue weighted by atomic mass is 16.5. The van der Waals surface area contributed by atoms with Gasteiger partial charge < -0.3 is 15.4 Å². The maximum atomic E-state index is 11.8. The van der Waals surface area contributed by atoms with Gasteiger partial charge in [0.05, 0.1) is 24.6 Å². The van der Waals surface area contributed by atoms with Crippen molar-refractivity contribution in [2.45, 2.75) is 6.92 Å². The molecule has 3 aromatic rings. The molecule has 7 nitrogen and oxygen atoms in total. The lowest BCUT2D eigenvalue weighted by atomic mass is 10.2. The van der Waals surface area contributed by atoms with Gasteiger partial charge in [-0.25, -0.2) is 4.79 Å². The Morgan fingerprint density at radius 1 is 1.00 bits per heavy atom. The molecule has 2 aromatic carbocycles. The van der Waals surface area contributed by atoms with Gasteiger partial charge in [-0.05, 0) is 30.7 Å². The van der Waals surface area contributed by atoms with E-state index in [1.807, 2.05) is 31.2 Å². The standard InChI is InChI=1S/C18H17N5O2/c1-12-7-3-5-9-14(12)20-16-11-19-23-18(22-16)21-15-10-6-4-8-13(15)17(24)25-2/h3-11H,1-2H3,(H2,20,21,22,23). The molecular weight excluding hydrogens is 318 g/mol. The van der Waals surface area contributed by atoms with E-state index in [2.05, 4.69) is 25.8 Å². The Labute approximate surface area is 145 Å². The summed E-state index contributed by atoms with van der Waals surface area (Å²) in [4.78, 5) is 16.2. The summed E-state index contributed by atoms with van der Waals surface area (Å²) in [6.07, 6.45) is 1.53. The number of hydrogen-bond acceptors (Lipinski definition) is 7. The minimum absolute atomic E-state index is 0.273. The molecule has 3 rings (SSSR count). The van der Waals surface area contributed by atoms with Gasteiger partial charge >= 0.3 is 5.97 Å². The van der Waals surface area contributed by atoms with Crippen molar-refractivity contribution in [3.05, 3.63) is 65.9 Å². The number of carbonyl (C=O) groups is 1. The number of methoxy groups -OCH3 is 1. The van der Waals surface area contributed by atoms with Gasteiger partial charge in [0.2, 0.25) is 5.95 Å². The second-order valence-corrected chi connectivity index (χ2v) is 5.27. The Bertz CT molecular complexity index is 898. The summed E-state index contributed by atoms with van der Waals surface area (Å²) in [5, 5.41) is 14.1. The quantitative estimate of drug-likeness (QED) is 0.690. The van der Waals surface area contributed by atoms with Crippen LogP contribution in [0.2, 0.25) is 0 Å². The summed E-state index contributed by atoms with van der Waals surface area (Å²) in [5.74, 6) is 0.377. The van der Waals surface area contributed by atoms with Gasteiger partial charge in [-0.2, -0.15) is 10.1 Å². The fourth-order valence-corrected chi connectivity index (χ4v) is 2.27. The third-order valence-electron chi connectivity index (χ3n) is 3.55. The average Bonchev–Trinajstić information content (AvgIpc) is 2.64. The number of aromatic nitrogens is 3. The number of nitrogens with zero attached hydrogens (tertiary/aromatic N) is 3. The smallest absolute Gasteiger partial charge is 0.339 e. The van der Waals surface area contributed by atoms with Crippen LogP contribution in [0.1, 0.15) is 15.9 Å². The Kier molecular flexibility index (Phi) is 4.84. The van der Waals surface area contributed by atoms with Crippen LogP contribution >= 0.6 is 0 Å². The third-order valence-corrected chi connectivity index (χ3v) is 3.55. The number of hydrogen-bond donors (Lipinski definition) is 2. The lowest BCUT2D eigenvalue weighted by molar-refractivity contribution is 0.0602. The summed E-state index contributed by atoms with van der Waals surface area (Å²) < 4.78 is 4.78. The Hall–Kier alpha value is -3.48. The van der Waals surface area contributed by atoms with E-state index < -0.39 is 5.97 Å². The van der Waals surface area contributed by atoms with Gasteiger partial charge in [0.1, 0.15) is 0 Å². The van der Waals surface area contributed by atoms with Crippen LogP contribution in [0, 0.1) is 6.92 Å². The summed E-state index contributed by atoms with van der Waals surface area (Å²) >= 11 is 0. The number of nitrogens with one attached hydrogen (secondary N) is 2. The molecule has 25 heavy (non-hydrogen) atoms. The van der Waals surface area contributed by atoms with Crippen LogP contribution in [0.15, 0.2) is 54.7 Å². The fraction of sp³-hybridized carbons (Fsp3) is 0.111. The SMILES string of the molecule is COC(=O)c1ccccc1Nc1nncc(Nc2ccccc2C)n1. The predicted molar refractivity (Wildman–Crippen MR) is 95.4 cm³/mol. The highest BCUT2D eigenvalue weighted by Gasteiger charge is 2.12. The summed E-state index contributed by atoms with van der Waals surface area (Å²) in [5.41, 5.74) is 2.96. The first kappa shape index (κ1) is 16.4. The third kappa shape index (κ3) is 3.89. The van der Waals surface area contributed by atoms with Gasteiger partial charge in [-0.1, -0.05) is 30.3 Å². The van der Waals surface area contributed by atoms with Crippen molar-refractivity contribution >= 4 is 29.1 Å². The lowest BCUT2D eigenvalue weighted by Gasteiger charge is -2.11. The molecule has 0 saturated heterocycles. The van der Waals surface area contributed by atoms with E-state index in [9.17, 15) is 4.79 Å². The number of carbonyl (C=O) groups excluding carboxylic acids is 1. The predicted octanol–water partition coefficient (Wildman–Crippen LogP) is 3.45. The van der Waals surface area contributed by atoms with Crippen LogP contribution in [0.25, 0.3) is 0 Å². The van der Waals surface area contributed by atoms with E-state index in [0.717, 1.165) is 11.3 Å². The van der Waals surface area contributed by atoms with Crippen LogP contribution in [0.3, 0.4) is 0 Å². The van der Waals surface area contributed by atoms with Gasteiger partial charge in [0.25, 0.3) is 0 Å². The van der Waals surface area contributed by atoms with Crippen molar-refractivity contribution < 1.29 is 9.53 Å². The van der Waals surface area contributed by atoms with Gasteiger partial charge in [0.15, 0.2) is 5.82 Å². The Morgan fingerprint density at radius 3 is 2.48 bits per heavy atom. The van der Waals surface area contributed by atoms with Gasteiger partial charge in [-0.15, -0.1) is 5.10 Å². The minimum atomic E-state index is -0.440. The maximum Gasteiger partial charge on any atom is 0.339 e. The number of benzene rings is 2. The van der Waals surface area contributed by atoms with Crippen molar-refractivity contribution in [3.63, 3.8) is 0 Å². The molecule has 0 saturated carbocycles. The van der Waals surface area contributed by atoms with Crippen LogP contribution in [0.4, 0.5) is 23.1 Å². The number of para-hydroxylation sites is 2. The van der Waals surface area contributed by atoms with Crippen molar-refractivity contribution in [1.82, 2.24) is 15.2 Å². The molecule has 0 radical (unpaired) electrons. The normalized spacial score (nSPS) is 10.2. The lowest BCUT2D eigenvalue weighted by Crippen LogP contribution is -2.08. The van der Waals surface area contributed by atoms with E-state index in [4.69, 9.17) is 4.74 Å². The molecular formula is C18H17N5O2. The van der Waals surface area contributed by atoms with E-state index in [-0.39, 0.29) is 5.95 Å². The molecule has 0 atom stereocenters. The molecule has 0 aliphatic heterocycles. The fourth-order valence-electron chi connectivity index (χ4n) is 2.27. The van der Waals surface area contributed by atoms with E-state index in [1.54, 1.807) is 24.3 Å². The van der Waals surface area contributed by atoms with Crippen molar-refractivity contribution in [2.75, 3.05) is 17.7 Å². The molecule has 0 unspecified atom stereocenters. The zero-order valence-corrected chi connectivity index (χ0v) is 13.9. The average molecular weight is 335 g/mol. The molecule has 0 aliphatic carbocycles. The Balaban J connectivity index is 1.84. The number of aryl methyl sites for hydroxylation is 1. The monoisotopic (exact) mass is 335 g/mol. The van der Waals surface area contributed by atoms with Crippen LogP contribution in [0.5, 0.6) is 0 Å². The molecule has 0 fully saturated rings. The van der Waals surface area contributed by atoms with Crippen molar-refractivity contribution in [2.24, 2.45) is 0 Å². The van der Waals surface area contributed by atoms with Crippen molar-refractivity contribution in [3.8, 4) is 0 Å². The first-order valence-corrected chi connectivity index (χ1v) is 7.64. The van der Waals surface area contributed by atoms with Crippen LogP contribution in [-0.2, 0) is 4.74 Å². The van der Waals surface area contributed by atoms with Gasteiger partial charge in [-0.3, -0.25) is 0 Å². The largest absolute Gasteiger partial charge is 0.465 e. The van der Waals surface area contributed by atoms with E-state index in [0.29, 0.717) is 17.1 Å². The molecule has 1 aromatic heterocycles. The summed E-state index contributed by atoms with van der Waals surface area (Å²) in [6.45, 7) is 2.00. The molecule has 1 heterocycles. The molecule has 7 heteroatoms. The molecule has 0 amide bonds. The van der Waals surface area contributed by atoms with Crippen LogP contribution in [-0.4, -0.2) is 28.3 Å². The first-order chi connectivity index (χ1) is 12.2. The zero-order valence-electron chi connectivity index (χ0n) is 13.9. The van der Waals surface area contributed by atoms with Gasteiger partial charge in [0, 0.05) is 5.69 Å². The summed E-state index contributed by atoms with van der Waals surface area (Å²) in [7, 11) is 1.34. The first-order valence-electron chi connectivity index (χ1n) is 7.64. The number of rotatable bonds is 5. The van der Waals surface area contributed by atoms with Crippen LogP contribution < -0.4 is 10.6 Å². The molecule has 0 spiro atoms. The second-order valence-electron chi connectivity index (χ2n) is 5.27. The second kappa shape index (κ2) is 7.39. The molecule has 0 aliphatic rings. The molecule has 126 valence electrons. The number of esters is 1. The molecule has 2 N–H and O–H groups in total. The number of ether oxygens (including phenoxy) is 1. The van der Waals surface area contributed by atoms with E-state index in [1.165, 1.54) is 13.3 Å².